The molecule has 3 nitrogen and oxygen atoms in total. The molecule has 0 amide bonds. The van der Waals surface area contributed by atoms with Gasteiger partial charge in [-0.2, -0.15) is 0 Å². The van der Waals surface area contributed by atoms with Crippen molar-refractivity contribution >= 4 is 11.3 Å². The number of nitrogens with zero attached hydrogens (tertiary/aromatic N) is 2. The first kappa shape index (κ1) is 12.2. The Labute approximate surface area is 106 Å². The third-order valence-corrected chi connectivity index (χ3v) is 3.69. The molecule has 0 saturated carbocycles. The van der Waals surface area contributed by atoms with Crippen LogP contribution in [0.1, 0.15) is 35.7 Å². The highest BCUT2D eigenvalue weighted by Gasteiger charge is 2.18. The van der Waals surface area contributed by atoms with Gasteiger partial charge in [-0.25, -0.2) is 9.97 Å². The lowest BCUT2D eigenvalue weighted by atomic mass is 10.1. The predicted octanol–water partition coefficient (Wildman–Crippen LogP) is 2.94. The van der Waals surface area contributed by atoms with Crippen molar-refractivity contribution in [1.29, 1.82) is 0 Å². The van der Waals surface area contributed by atoms with Gasteiger partial charge in [-0.05, 0) is 43.0 Å². The van der Waals surface area contributed by atoms with Crippen molar-refractivity contribution in [3.05, 3.63) is 46.2 Å². The molecule has 1 N–H and O–H groups in total. The lowest BCUT2D eigenvalue weighted by Crippen LogP contribution is -2.24. The topological polar surface area (TPSA) is 37.8 Å². The van der Waals surface area contributed by atoms with Crippen LogP contribution in [0.3, 0.4) is 0 Å². The molecule has 0 radical (unpaired) electrons. The Balaban J connectivity index is 2.29. The Morgan fingerprint density at radius 3 is 2.71 bits per heavy atom. The molecule has 90 valence electrons. The molecule has 0 aromatic carbocycles. The van der Waals surface area contributed by atoms with Crippen molar-refractivity contribution in [1.82, 2.24) is 15.3 Å². The highest BCUT2D eigenvalue weighted by molar-refractivity contribution is 7.10. The van der Waals surface area contributed by atoms with Gasteiger partial charge in [0.2, 0.25) is 0 Å². The molecule has 2 heterocycles. The standard InChI is InChI=1S/C13H17N3S/c1-3-6-14-11(12-10(2)5-9-17-12)13-15-7-4-8-16-13/h4-5,7-9,11,14H,3,6H2,1-2H3. The Kier molecular flexibility index (Phi) is 4.23. The number of rotatable bonds is 5. The average Bonchev–Trinajstić information content (AvgIpc) is 2.78. The van der Waals surface area contributed by atoms with E-state index < -0.39 is 0 Å². The van der Waals surface area contributed by atoms with Gasteiger partial charge in [0.15, 0.2) is 0 Å². The van der Waals surface area contributed by atoms with Crippen LogP contribution in [0, 0.1) is 6.92 Å². The maximum atomic E-state index is 4.36. The second kappa shape index (κ2) is 5.89. The van der Waals surface area contributed by atoms with Crippen LogP contribution in [0.5, 0.6) is 0 Å². The minimum absolute atomic E-state index is 0.121. The van der Waals surface area contributed by atoms with E-state index in [-0.39, 0.29) is 6.04 Å². The van der Waals surface area contributed by atoms with E-state index >= 15 is 0 Å². The number of hydrogen-bond acceptors (Lipinski definition) is 4. The molecule has 2 aromatic rings. The van der Waals surface area contributed by atoms with E-state index in [2.05, 4.69) is 40.6 Å². The number of hydrogen-bond donors (Lipinski definition) is 1. The largest absolute Gasteiger partial charge is 0.303 e. The summed E-state index contributed by atoms with van der Waals surface area (Å²) < 4.78 is 0. The van der Waals surface area contributed by atoms with E-state index in [0.29, 0.717) is 0 Å². The van der Waals surface area contributed by atoms with E-state index in [1.165, 1.54) is 10.4 Å². The van der Waals surface area contributed by atoms with Crippen molar-refractivity contribution in [3.63, 3.8) is 0 Å². The molecular weight excluding hydrogens is 230 g/mol. The van der Waals surface area contributed by atoms with Crippen LogP contribution >= 0.6 is 11.3 Å². The second-order valence-electron chi connectivity index (χ2n) is 3.96. The van der Waals surface area contributed by atoms with Gasteiger partial charge in [0, 0.05) is 17.3 Å². The minimum atomic E-state index is 0.121. The molecule has 0 aliphatic carbocycles. The van der Waals surface area contributed by atoms with E-state index in [4.69, 9.17) is 0 Å². The van der Waals surface area contributed by atoms with Gasteiger partial charge in [0.05, 0.1) is 0 Å². The summed E-state index contributed by atoms with van der Waals surface area (Å²) in [6.45, 7) is 5.27. The van der Waals surface area contributed by atoms with Gasteiger partial charge < -0.3 is 5.32 Å². The van der Waals surface area contributed by atoms with Gasteiger partial charge in [-0.15, -0.1) is 11.3 Å². The quantitative estimate of drug-likeness (QED) is 0.882. The molecule has 1 unspecified atom stereocenters. The highest BCUT2D eigenvalue weighted by atomic mass is 32.1. The Morgan fingerprint density at radius 1 is 1.35 bits per heavy atom. The Morgan fingerprint density at radius 2 is 2.12 bits per heavy atom. The summed E-state index contributed by atoms with van der Waals surface area (Å²) in [5.41, 5.74) is 1.30. The van der Waals surface area contributed by atoms with E-state index in [9.17, 15) is 0 Å². The van der Waals surface area contributed by atoms with Crippen molar-refractivity contribution < 1.29 is 0 Å². The maximum absolute atomic E-state index is 4.36. The van der Waals surface area contributed by atoms with Gasteiger partial charge >= 0.3 is 0 Å². The SMILES string of the molecule is CCCNC(c1ncccn1)c1sccc1C. The molecule has 2 rings (SSSR count). The van der Waals surface area contributed by atoms with Crippen LogP contribution in [0.2, 0.25) is 0 Å². The fraction of sp³-hybridized carbons (Fsp3) is 0.385. The van der Waals surface area contributed by atoms with Crippen LogP contribution in [0.25, 0.3) is 0 Å². The van der Waals surface area contributed by atoms with E-state index in [1.54, 1.807) is 23.7 Å². The third kappa shape index (κ3) is 2.90. The van der Waals surface area contributed by atoms with Gasteiger partial charge in [0.1, 0.15) is 11.9 Å². The molecule has 0 bridgehead atoms. The molecule has 0 aliphatic heterocycles. The molecule has 4 heteroatoms. The minimum Gasteiger partial charge on any atom is -0.303 e. The van der Waals surface area contributed by atoms with Crippen molar-refractivity contribution in [3.8, 4) is 0 Å². The predicted molar refractivity (Wildman–Crippen MR) is 71.2 cm³/mol. The maximum Gasteiger partial charge on any atom is 0.150 e. The zero-order valence-electron chi connectivity index (χ0n) is 10.2. The molecule has 0 spiro atoms. The Bertz CT molecular complexity index is 453. The zero-order chi connectivity index (χ0) is 12.1. The van der Waals surface area contributed by atoms with Crippen molar-refractivity contribution in [2.75, 3.05) is 6.54 Å². The van der Waals surface area contributed by atoms with E-state index in [0.717, 1.165) is 18.8 Å². The molecule has 2 aromatic heterocycles. The fourth-order valence-electron chi connectivity index (χ4n) is 1.73. The van der Waals surface area contributed by atoms with E-state index in [1.807, 2.05) is 6.07 Å². The van der Waals surface area contributed by atoms with Crippen molar-refractivity contribution in [2.45, 2.75) is 26.3 Å². The van der Waals surface area contributed by atoms with Gasteiger partial charge in [-0.1, -0.05) is 6.92 Å². The van der Waals surface area contributed by atoms with Crippen LogP contribution in [-0.2, 0) is 0 Å². The van der Waals surface area contributed by atoms with Crippen LogP contribution < -0.4 is 5.32 Å². The average molecular weight is 247 g/mol. The first-order valence-electron chi connectivity index (χ1n) is 5.87. The number of nitrogens with one attached hydrogen (secondary N) is 1. The summed E-state index contributed by atoms with van der Waals surface area (Å²) in [5.74, 6) is 0.853. The smallest absolute Gasteiger partial charge is 0.150 e. The third-order valence-electron chi connectivity index (χ3n) is 2.61. The lowest BCUT2D eigenvalue weighted by Gasteiger charge is -2.16. The van der Waals surface area contributed by atoms with Crippen molar-refractivity contribution in [2.24, 2.45) is 0 Å². The lowest BCUT2D eigenvalue weighted by molar-refractivity contribution is 0.577. The summed E-state index contributed by atoms with van der Waals surface area (Å²) in [5, 5.41) is 5.63. The molecule has 0 aliphatic rings. The normalized spacial score (nSPS) is 12.6. The number of thiophene rings is 1. The number of aryl methyl sites for hydroxylation is 1. The zero-order valence-corrected chi connectivity index (χ0v) is 11.0. The summed E-state index contributed by atoms with van der Waals surface area (Å²) in [6.07, 6.45) is 4.70. The molecule has 0 saturated heterocycles. The fourth-order valence-corrected chi connectivity index (χ4v) is 2.73. The molecule has 1 atom stereocenters. The monoisotopic (exact) mass is 247 g/mol. The number of aromatic nitrogens is 2. The van der Waals surface area contributed by atoms with Gasteiger partial charge in [-0.3, -0.25) is 0 Å². The van der Waals surface area contributed by atoms with Crippen LogP contribution in [-0.4, -0.2) is 16.5 Å². The summed E-state index contributed by atoms with van der Waals surface area (Å²) in [4.78, 5) is 10.0. The van der Waals surface area contributed by atoms with Crippen LogP contribution in [0.4, 0.5) is 0 Å². The first-order chi connectivity index (χ1) is 8.33. The first-order valence-corrected chi connectivity index (χ1v) is 6.75. The van der Waals surface area contributed by atoms with Crippen LogP contribution in [0.15, 0.2) is 29.9 Å². The highest BCUT2D eigenvalue weighted by Crippen LogP contribution is 2.27. The Hall–Kier alpha value is -1.26. The molecule has 0 fully saturated rings. The summed E-state index contributed by atoms with van der Waals surface area (Å²) >= 11 is 1.76. The molecule has 17 heavy (non-hydrogen) atoms. The summed E-state index contributed by atoms with van der Waals surface area (Å²) in [7, 11) is 0. The second-order valence-corrected chi connectivity index (χ2v) is 4.91. The van der Waals surface area contributed by atoms with Gasteiger partial charge in [0.25, 0.3) is 0 Å². The summed E-state index contributed by atoms with van der Waals surface area (Å²) in [6, 6.07) is 4.11. The molecular formula is C13H17N3S.